The fourth-order valence-electron chi connectivity index (χ4n) is 2.34. The number of anilines is 1. The van der Waals surface area contributed by atoms with Crippen LogP contribution in [0.3, 0.4) is 0 Å². The lowest BCUT2D eigenvalue weighted by Gasteiger charge is -2.28. The molecule has 0 aliphatic carbocycles. The van der Waals surface area contributed by atoms with Crippen molar-refractivity contribution in [3.05, 3.63) is 69.8 Å². The number of rotatable bonds is 6. The minimum absolute atomic E-state index is 0.0230. The Kier molecular flexibility index (Phi) is 8.40. The van der Waals surface area contributed by atoms with Crippen molar-refractivity contribution in [2.45, 2.75) is 9.96 Å². The fourth-order valence-corrected chi connectivity index (χ4v) is 2.90. The summed E-state index contributed by atoms with van der Waals surface area (Å²) in [6.45, 7) is 0. The van der Waals surface area contributed by atoms with Crippen LogP contribution in [0.2, 0.25) is 0 Å². The number of hydrogen-bond donors (Lipinski definition) is 3. The van der Waals surface area contributed by atoms with Crippen molar-refractivity contribution in [3.63, 3.8) is 0 Å². The van der Waals surface area contributed by atoms with Gasteiger partial charge in [-0.25, -0.2) is 4.79 Å². The number of alkyl halides is 3. The number of nitro groups is 1. The standard InChI is InChI=1S/C18H15Cl3N4O5S/c1-30-15(27)12-7-2-3-8-13(12)22-17(31)24-16(18(19,20)21)23-14(26)10-5-4-6-11(9-10)25(28)29/h2-9,16H,1H3,(H,23,26)(H2,22,24,31)/t16-/m0/s1. The Hall–Kier alpha value is -2.66. The summed E-state index contributed by atoms with van der Waals surface area (Å²) in [5.41, 5.74) is 0.230. The van der Waals surface area contributed by atoms with Crippen molar-refractivity contribution in [1.29, 1.82) is 0 Å². The number of amides is 1. The summed E-state index contributed by atoms with van der Waals surface area (Å²) >= 11 is 23.0. The second kappa shape index (κ2) is 10.6. The zero-order valence-corrected chi connectivity index (χ0v) is 18.8. The van der Waals surface area contributed by atoms with E-state index < -0.39 is 26.8 Å². The van der Waals surface area contributed by atoms with Crippen LogP contribution >= 0.6 is 47.0 Å². The average Bonchev–Trinajstić information content (AvgIpc) is 2.72. The predicted octanol–water partition coefficient (Wildman–Crippen LogP) is 3.79. The van der Waals surface area contributed by atoms with E-state index in [-0.39, 0.29) is 21.9 Å². The van der Waals surface area contributed by atoms with Gasteiger partial charge in [0, 0.05) is 17.7 Å². The Balaban J connectivity index is 2.17. The molecule has 0 heterocycles. The third-order valence-corrected chi connectivity index (χ3v) is 4.65. The molecule has 1 amide bonds. The number of methoxy groups -OCH3 is 1. The first-order valence-corrected chi connectivity index (χ1v) is 9.94. The number of nitro benzene ring substituents is 1. The average molecular weight is 506 g/mol. The number of hydrogen-bond acceptors (Lipinski definition) is 6. The fraction of sp³-hybridized carbons (Fsp3) is 0.167. The van der Waals surface area contributed by atoms with Gasteiger partial charge >= 0.3 is 5.97 Å². The smallest absolute Gasteiger partial charge is 0.339 e. The largest absolute Gasteiger partial charge is 0.465 e. The van der Waals surface area contributed by atoms with Crippen molar-refractivity contribution >= 4 is 75.4 Å². The van der Waals surface area contributed by atoms with Gasteiger partial charge in [-0.1, -0.05) is 53.0 Å². The molecule has 0 saturated carbocycles. The maximum Gasteiger partial charge on any atom is 0.339 e. The van der Waals surface area contributed by atoms with E-state index in [4.69, 9.17) is 51.8 Å². The lowest BCUT2D eigenvalue weighted by atomic mass is 10.2. The van der Waals surface area contributed by atoms with E-state index in [1.807, 2.05) is 0 Å². The first kappa shape index (κ1) is 24.6. The highest BCUT2D eigenvalue weighted by molar-refractivity contribution is 7.80. The van der Waals surface area contributed by atoms with Gasteiger partial charge in [0.15, 0.2) is 5.11 Å². The molecule has 0 radical (unpaired) electrons. The molecule has 31 heavy (non-hydrogen) atoms. The topological polar surface area (TPSA) is 123 Å². The molecule has 2 aromatic carbocycles. The molecule has 0 spiro atoms. The number of ether oxygens (including phenoxy) is 1. The van der Waals surface area contributed by atoms with E-state index in [0.717, 1.165) is 6.07 Å². The number of carbonyl (C=O) groups excluding carboxylic acids is 2. The van der Waals surface area contributed by atoms with Gasteiger partial charge in [0.2, 0.25) is 3.79 Å². The van der Waals surface area contributed by atoms with Gasteiger partial charge in [-0.15, -0.1) is 0 Å². The van der Waals surface area contributed by atoms with Crippen LogP contribution in [0, 0.1) is 10.1 Å². The molecule has 0 unspecified atom stereocenters. The Labute approximate surface area is 197 Å². The number of benzene rings is 2. The molecular formula is C18H15Cl3N4O5S. The van der Waals surface area contributed by atoms with Crippen LogP contribution in [0.15, 0.2) is 48.5 Å². The lowest BCUT2D eigenvalue weighted by Crippen LogP contribution is -2.56. The summed E-state index contributed by atoms with van der Waals surface area (Å²) in [5, 5.41) is 18.7. The Morgan fingerprint density at radius 2 is 1.81 bits per heavy atom. The van der Waals surface area contributed by atoms with Crippen LogP contribution in [0.4, 0.5) is 11.4 Å². The summed E-state index contributed by atoms with van der Waals surface area (Å²) < 4.78 is 2.66. The molecular weight excluding hydrogens is 491 g/mol. The first-order chi connectivity index (χ1) is 14.5. The van der Waals surface area contributed by atoms with Gasteiger partial charge in [-0.05, 0) is 30.4 Å². The lowest BCUT2D eigenvalue weighted by molar-refractivity contribution is -0.384. The summed E-state index contributed by atoms with van der Waals surface area (Å²) in [4.78, 5) is 34.7. The predicted molar refractivity (Wildman–Crippen MR) is 122 cm³/mol. The van der Waals surface area contributed by atoms with Crippen molar-refractivity contribution in [3.8, 4) is 0 Å². The minimum Gasteiger partial charge on any atom is -0.465 e. The normalized spacial score (nSPS) is 11.7. The number of thiocarbonyl (C=S) groups is 1. The molecule has 3 N–H and O–H groups in total. The SMILES string of the molecule is COC(=O)c1ccccc1NC(=S)N[C@H](NC(=O)c1cccc([N+](=O)[O-])c1)C(Cl)(Cl)Cl. The third-order valence-electron chi connectivity index (χ3n) is 3.78. The molecule has 2 rings (SSSR count). The molecule has 164 valence electrons. The number of carbonyl (C=O) groups is 2. The third kappa shape index (κ3) is 6.93. The molecule has 0 bridgehead atoms. The molecule has 13 heteroatoms. The molecule has 2 aromatic rings. The van der Waals surface area contributed by atoms with Crippen LogP contribution in [-0.2, 0) is 4.74 Å². The summed E-state index contributed by atoms with van der Waals surface area (Å²) in [7, 11) is 1.23. The molecule has 0 fully saturated rings. The van der Waals surface area contributed by atoms with Crippen molar-refractivity contribution < 1.29 is 19.2 Å². The highest BCUT2D eigenvalue weighted by Crippen LogP contribution is 2.29. The number of nitrogens with one attached hydrogen (secondary N) is 3. The first-order valence-electron chi connectivity index (χ1n) is 8.40. The van der Waals surface area contributed by atoms with Gasteiger partial charge in [-0.3, -0.25) is 14.9 Å². The van der Waals surface area contributed by atoms with E-state index in [0.29, 0.717) is 5.69 Å². The van der Waals surface area contributed by atoms with Crippen LogP contribution in [0.1, 0.15) is 20.7 Å². The Bertz CT molecular complexity index is 1020. The molecule has 0 aliphatic heterocycles. The van der Waals surface area contributed by atoms with E-state index in [1.54, 1.807) is 18.2 Å². The Morgan fingerprint density at radius 1 is 1.13 bits per heavy atom. The van der Waals surface area contributed by atoms with Crippen LogP contribution in [0.25, 0.3) is 0 Å². The zero-order valence-electron chi connectivity index (χ0n) is 15.7. The number of nitrogens with zero attached hydrogens (tertiary/aromatic N) is 1. The van der Waals surface area contributed by atoms with Crippen molar-refractivity contribution in [2.75, 3.05) is 12.4 Å². The summed E-state index contributed by atoms with van der Waals surface area (Å²) in [6, 6.07) is 11.4. The summed E-state index contributed by atoms with van der Waals surface area (Å²) in [6.07, 6.45) is -1.32. The molecule has 9 nitrogen and oxygen atoms in total. The quantitative estimate of drug-likeness (QED) is 0.135. The summed E-state index contributed by atoms with van der Waals surface area (Å²) in [5.74, 6) is -1.34. The van der Waals surface area contributed by atoms with Crippen molar-refractivity contribution in [1.82, 2.24) is 10.6 Å². The molecule has 1 atom stereocenters. The van der Waals surface area contributed by atoms with Gasteiger partial charge in [-0.2, -0.15) is 0 Å². The number of non-ortho nitro benzene ring substituents is 1. The second-order valence-corrected chi connectivity index (χ2v) is 8.67. The van der Waals surface area contributed by atoms with Crippen LogP contribution in [0.5, 0.6) is 0 Å². The monoisotopic (exact) mass is 504 g/mol. The van der Waals surface area contributed by atoms with Gasteiger partial charge in [0.05, 0.1) is 23.3 Å². The minimum atomic E-state index is -2.05. The van der Waals surface area contributed by atoms with Crippen LogP contribution < -0.4 is 16.0 Å². The maximum atomic E-state index is 12.5. The molecule has 0 aromatic heterocycles. The van der Waals surface area contributed by atoms with E-state index >= 15 is 0 Å². The van der Waals surface area contributed by atoms with Crippen LogP contribution in [-0.4, -0.2) is 39.0 Å². The Morgan fingerprint density at radius 3 is 2.42 bits per heavy atom. The van der Waals surface area contributed by atoms with Gasteiger partial charge in [0.25, 0.3) is 11.6 Å². The molecule has 0 aliphatic rings. The molecule has 0 saturated heterocycles. The maximum absolute atomic E-state index is 12.5. The van der Waals surface area contributed by atoms with Gasteiger partial charge in [0.1, 0.15) is 6.17 Å². The van der Waals surface area contributed by atoms with E-state index in [1.165, 1.54) is 31.4 Å². The number of para-hydroxylation sites is 1. The number of halogens is 3. The highest BCUT2D eigenvalue weighted by Gasteiger charge is 2.35. The van der Waals surface area contributed by atoms with E-state index in [9.17, 15) is 19.7 Å². The van der Waals surface area contributed by atoms with Crippen molar-refractivity contribution in [2.24, 2.45) is 0 Å². The highest BCUT2D eigenvalue weighted by atomic mass is 35.6. The number of esters is 1. The van der Waals surface area contributed by atoms with E-state index in [2.05, 4.69) is 16.0 Å². The van der Waals surface area contributed by atoms with Gasteiger partial charge < -0.3 is 20.7 Å². The second-order valence-electron chi connectivity index (χ2n) is 5.89. The zero-order chi connectivity index (χ0) is 23.2.